The van der Waals surface area contributed by atoms with E-state index in [1.54, 1.807) is 42.5 Å². The van der Waals surface area contributed by atoms with Gasteiger partial charge >= 0.3 is 0 Å². The van der Waals surface area contributed by atoms with Crippen LogP contribution in [0.4, 0.5) is 5.69 Å². The molecular weight excluding hydrogens is 582 g/mol. The van der Waals surface area contributed by atoms with Crippen molar-refractivity contribution in [3.63, 3.8) is 0 Å². The summed E-state index contributed by atoms with van der Waals surface area (Å²) in [5.74, 6) is -0.913. The van der Waals surface area contributed by atoms with E-state index in [1.165, 1.54) is 24.1 Å². The fourth-order valence-corrected chi connectivity index (χ4v) is 6.64. The highest BCUT2D eigenvalue weighted by Gasteiger charge is 2.35. The lowest BCUT2D eigenvalue weighted by atomic mass is 10.0. The minimum Gasteiger partial charge on any atom is -0.357 e. The number of nitrogens with one attached hydrogen (secondary N) is 1. The van der Waals surface area contributed by atoms with E-state index in [9.17, 15) is 18.0 Å². The number of halogens is 1. The van der Waals surface area contributed by atoms with Crippen LogP contribution in [0.25, 0.3) is 0 Å². The Hall–Kier alpha value is -4.14. The lowest BCUT2D eigenvalue weighted by molar-refractivity contribution is -0.139. The molecule has 224 valence electrons. The fourth-order valence-electron chi connectivity index (χ4n) is 4.97. The molecule has 0 aromatic heterocycles. The van der Waals surface area contributed by atoms with Crippen LogP contribution in [0.2, 0.25) is 5.02 Å². The van der Waals surface area contributed by atoms with Gasteiger partial charge in [-0.2, -0.15) is 0 Å². The molecule has 0 saturated heterocycles. The van der Waals surface area contributed by atoms with Crippen molar-refractivity contribution in [1.82, 2.24) is 10.2 Å². The van der Waals surface area contributed by atoms with Gasteiger partial charge < -0.3 is 10.2 Å². The van der Waals surface area contributed by atoms with Crippen molar-refractivity contribution in [3.05, 3.63) is 130 Å². The summed E-state index contributed by atoms with van der Waals surface area (Å²) in [7, 11) is -2.65. The summed E-state index contributed by atoms with van der Waals surface area (Å²) in [6.07, 6.45) is 0.227. The minimum atomic E-state index is -4.17. The van der Waals surface area contributed by atoms with Crippen LogP contribution in [0.3, 0.4) is 0 Å². The van der Waals surface area contributed by atoms with Crippen molar-refractivity contribution in [1.29, 1.82) is 0 Å². The summed E-state index contributed by atoms with van der Waals surface area (Å²) in [6, 6.07) is 27.5. The number of aryl methyl sites for hydroxylation is 3. The van der Waals surface area contributed by atoms with Gasteiger partial charge in [0.15, 0.2) is 0 Å². The first kappa shape index (κ1) is 31.8. The number of amides is 2. The third kappa shape index (κ3) is 7.63. The SMILES string of the molecule is CNC(=O)[C@@H](Cc1ccccc1)N(Cc1ccccc1Cl)C(=O)CN(c1ccc(C)cc1C)S(=O)(=O)c1ccc(C)cc1. The Morgan fingerprint density at radius 3 is 2.09 bits per heavy atom. The van der Waals surface area contributed by atoms with Gasteiger partial charge in [0.1, 0.15) is 12.6 Å². The second-order valence-corrected chi connectivity index (χ2v) is 12.8. The number of hydrogen-bond acceptors (Lipinski definition) is 4. The quantitative estimate of drug-likeness (QED) is 0.229. The first-order valence-electron chi connectivity index (χ1n) is 14.0. The largest absolute Gasteiger partial charge is 0.357 e. The van der Waals surface area contributed by atoms with Crippen LogP contribution >= 0.6 is 11.6 Å². The molecule has 4 aromatic carbocycles. The van der Waals surface area contributed by atoms with Gasteiger partial charge in [0.05, 0.1) is 10.6 Å². The van der Waals surface area contributed by atoms with Gasteiger partial charge in [-0.25, -0.2) is 8.42 Å². The van der Waals surface area contributed by atoms with Gasteiger partial charge in [0.25, 0.3) is 10.0 Å². The third-order valence-electron chi connectivity index (χ3n) is 7.32. The molecule has 1 atom stereocenters. The molecule has 4 aromatic rings. The Morgan fingerprint density at radius 2 is 1.47 bits per heavy atom. The highest BCUT2D eigenvalue weighted by molar-refractivity contribution is 7.92. The van der Waals surface area contributed by atoms with E-state index in [0.717, 1.165) is 21.0 Å². The third-order valence-corrected chi connectivity index (χ3v) is 9.47. The van der Waals surface area contributed by atoms with Crippen molar-refractivity contribution in [3.8, 4) is 0 Å². The average Bonchev–Trinajstić information content (AvgIpc) is 2.99. The lowest BCUT2D eigenvalue weighted by Crippen LogP contribution is -2.53. The van der Waals surface area contributed by atoms with Crippen molar-refractivity contribution in [2.45, 2.75) is 44.7 Å². The molecule has 0 spiro atoms. The van der Waals surface area contributed by atoms with Gasteiger partial charge in [-0.1, -0.05) is 95.5 Å². The summed E-state index contributed by atoms with van der Waals surface area (Å²) < 4.78 is 29.5. The molecule has 0 radical (unpaired) electrons. The summed E-state index contributed by atoms with van der Waals surface area (Å²) in [4.78, 5) is 29.3. The van der Waals surface area contributed by atoms with Gasteiger partial charge in [-0.3, -0.25) is 13.9 Å². The van der Waals surface area contributed by atoms with E-state index in [4.69, 9.17) is 11.6 Å². The normalized spacial score (nSPS) is 11.9. The van der Waals surface area contributed by atoms with E-state index in [0.29, 0.717) is 21.8 Å². The Morgan fingerprint density at radius 1 is 0.837 bits per heavy atom. The van der Waals surface area contributed by atoms with Crippen LogP contribution in [0, 0.1) is 20.8 Å². The molecule has 1 N–H and O–H groups in total. The maximum Gasteiger partial charge on any atom is 0.264 e. The van der Waals surface area contributed by atoms with Crippen LogP contribution in [-0.4, -0.2) is 44.8 Å². The van der Waals surface area contributed by atoms with E-state index >= 15 is 0 Å². The van der Waals surface area contributed by atoms with Gasteiger partial charge in [-0.05, 0) is 61.7 Å². The van der Waals surface area contributed by atoms with Crippen LogP contribution in [0.15, 0.2) is 102 Å². The molecule has 0 fully saturated rings. The number of likely N-dealkylation sites (N-methyl/N-ethyl adjacent to an activating group) is 1. The van der Waals surface area contributed by atoms with Gasteiger partial charge in [-0.15, -0.1) is 0 Å². The molecule has 0 aliphatic rings. The summed E-state index contributed by atoms with van der Waals surface area (Å²) in [6.45, 7) is 5.10. The van der Waals surface area contributed by atoms with Crippen LogP contribution in [-0.2, 0) is 32.6 Å². The predicted octanol–water partition coefficient (Wildman–Crippen LogP) is 5.85. The van der Waals surface area contributed by atoms with Crippen molar-refractivity contribution in [2.75, 3.05) is 17.9 Å². The van der Waals surface area contributed by atoms with E-state index in [-0.39, 0.29) is 23.8 Å². The molecule has 0 aliphatic heterocycles. The molecule has 0 unspecified atom stereocenters. The van der Waals surface area contributed by atoms with Crippen molar-refractivity contribution >= 4 is 39.1 Å². The van der Waals surface area contributed by atoms with Gasteiger partial charge in [0.2, 0.25) is 11.8 Å². The van der Waals surface area contributed by atoms with Crippen LogP contribution in [0.5, 0.6) is 0 Å². The number of hydrogen-bond donors (Lipinski definition) is 1. The Balaban J connectivity index is 1.82. The fraction of sp³-hybridized carbons (Fsp3) is 0.235. The topological polar surface area (TPSA) is 86.8 Å². The Bertz CT molecular complexity index is 1690. The molecule has 0 heterocycles. The highest BCUT2D eigenvalue weighted by Crippen LogP contribution is 2.29. The molecule has 43 heavy (non-hydrogen) atoms. The minimum absolute atomic E-state index is 0.00866. The second-order valence-electron chi connectivity index (χ2n) is 10.5. The molecule has 9 heteroatoms. The smallest absolute Gasteiger partial charge is 0.264 e. The first-order valence-corrected chi connectivity index (χ1v) is 15.8. The first-order chi connectivity index (χ1) is 20.5. The average molecular weight is 618 g/mol. The zero-order valence-electron chi connectivity index (χ0n) is 24.7. The number of benzene rings is 4. The monoisotopic (exact) mass is 617 g/mol. The van der Waals surface area contributed by atoms with Crippen molar-refractivity contribution < 1.29 is 18.0 Å². The molecule has 2 amide bonds. The molecular formula is C34H36ClN3O4S. The Kier molecular flexibility index (Phi) is 10.3. The number of nitrogens with zero attached hydrogens (tertiary/aromatic N) is 2. The summed E-state index contributed by atoms with van der Waals surface area (Å²) in [5.41, 5.74) is 4.45. The molecule has 4 rings (SSSR count). The summed E-state index contributed by atoms with van der Waals surface area (Å²) in [5, 5.41) is 3.12. The maximum absolute atomic E-state index is 14.4. The number of carbonyl (C=O) groups excluding carboxylic acids is 2. The van der Waals surface area contributed by atoms with E-state index in [1.807, 2.05) is 63.2 Å². The van der Waals surface area contributed by atoms with E-state index < -0.39 is 28.5 Å². The lowest BCUT2D eigenvalue weighted by Gasteiger charge is -2.34. The zero-order valence-corrected chi connectivity index (χ0v) is 26.3. The molecule has 0 bridgehead atoms. The number of sulfonamides is 1. The summed E-state index contributed by atoms with van der Waals surface area (Å²) >= 11 is 6.51. The standard InChI is InChI=1S/C34H36ClN3O4S/c1-24-14-17-29(18-15-24)43(41,42)38(31-19-16-25(2)20-26(31)3)23-33(39)37(22-28-12-8-9-13-30(28)35)32(34(40)36-4)21-27-10-6-5-7-11-27/h5-20,32H,21-23H2,1-4H3,(H,36,40)/t32-/m1/s1. The number of carbonyl (C=O) groups is 2. The van der Waals surface area contributed by atoms with Crippen LogP contribution < -0.4 is 9.62 Å². The predicted molar refractivity (Wildman–Crippen MR) is 172 cm³/mol. The van der Waals surface area contributed by atoms with Crippen LogP contribution in [0.1, 0.15) is 27.8 Å². The molecule has 0 aliphatic carbocycles. The second kappa shape index (κ2) is 13.9. The van der Waals surface area contributed by atoms with E-state index in [2.05, 4.69) is 5.32 Å². The Labute approximate surface area is 259 Å². The van der Waals surface area contributed by atoms with Crippen molar-refractivity contribution in [2.24, 2.45) is 0 Å². The maximum atomic E-state index is 14.4. The molecule has 7 nitrogen and oxygen atoms in total. The molecule has 0 saturated carbocycles. The zero-order chi connectivity index (χ0) is 31.1. The highest BCUT2D eigenvalue weighted by atomic mass is 35.5. The number of rotatable bonds is 11. The van der Waals surface area contributed by atoms with Gasteiger partial charge in [0, 0.05) is 25.0 Å². The number of anilines is 1.